The second kappa shape index (κ2) is 4.69. The minimum Gasteiger partial charge on any atom is -0.292 e. The van der Waals surface area contributed by atoms with Gasteiger partial charge >= 0.3 is 6.18 Å². The molecule has 0 bridgehead atoms. The molecular formula is C11H9F3N2OS. The maximum Gasteiger partial charge on any atom is 0.443 e. The number of carbonyl (C=O) groups excluding carboxylic acids is 1. The van der Waals surface area contributed by atoms with E-state index in [1.54, 1.807) is 0 Å². The molecule has 96 valence electrons. The summed E-state index contributed by atoms with van der Waals surface area (Å²) in [6.07, 6.45) is -1.09. The Bertz CT molecular complexity index is 499. The van der Waals surface area contributed by atoms with Crippen LogP contribution in [0.15, 0.2) is 6.20 Å². The normalized spacial score (nSPS) is 17.9. The molecule has 1 unspecified atom stereocenters. The molecule has 1 heterocycles. The summed E-state index contributed by atoms with van der Waals surface area (Å²) >= 11 is 0.307. The van der Waals surface area contributed by atoms with Gasteiger partial charge in [-0.3, -0.25) is 4.79 Å². The van der Waals surface area contributed by atoms with E-state index >= 15 is 0 Å². The number of rotatable bonds is 3. The molecule has 2 rings (SSSR count). The number of Topliss-reactive ketones (excluding diaryl/α,β-unsaturated/α-hetero) is 1. The Morgan fingerprint density at radius 2 is 2.22 bits per heavy atom. The van der Waals surface area contributed by atoms with Crippen LogP contribution in [-0.2, 0) is 6.18 Å². The van der Waals surface area contributed by atoms with Crippen molar-refractivity contribution in [3.63, 3.8) is 0 Å². The summed E-state index contributed by atoms with van der Waals surface area (Å²) in [5.74, 6) is -1.38. The molecular weight excluding hydrogens is 265 g/mol. The van der Waals surface area contributed by atoms with E-state index in [2.05, 4.69) is 4.98 Å². The van der Waals surface area contributed by atoms with Crippen LogP contribution in [0.5, 0.6) is 0 Å². The molecule has 0 aromatic carbocycles. The van der Waals surface area contributed by atoms with Gasteiger partial charge in [-0.2, -0.15) is 18.4 Å². The second-order valence-corrected chi connectivity index (χ2v) is 5.22. The highest BCUT2D eigenvalue weighted by Crippen LogP contribution is 2.37. The molecule has 0 aliphatic heterocycles. The Morgan fingerprint density at radius 1 is 1.56 bits per heavy atom. The zero-order chi connectivity index (χ0) is 13.3. The van der Waals surface area contributed by atoms with Crippen LogP contribution in [0, 0.1) is 23.2 Å². The molecule has 0 N–H and O–H groups in total. The predicted octanol–water partition coefficient (Wildman–Crippen LogP) is 3.28. The van der Waals surface area contributed by atoms with Gasteiger partial charge in [0.05, 0.1) is 10.9 Å². The standard InChI is InChI=1S/C11H9F3N2OS/c12-11(13,14)10-16-5-8(18-10)9(17)7(4-15)6-2-1-3-6/h5-7H,1-3H2. The third-order valence-corrected chi connectivity index (χ3v) is 4.09. The molecule has 0 radical (unpaired) electrons. The number of nitriles is 1. The van der Waals surface area contributed by atoms with Crippen molar-refractivity contribution in [2.45, 2.75) is 25.4 Å². The largest absolute Gasteiger partial charge is 0.443 e. The van der Waals surface area contributed by atoms with E-state index in [-0.39, 0.29) is 10.8 Å². The molecule has 1 saturated carbocycles. The number of aromatic nitrogens is 1. The lowest BCUT2D eigenvalue weighted by molar-refractivity contribution is -0.137. The van der Waals surface area contributed by atoms with E-state index < -0.39 is 22.9 Å². The van der Waals surface area contributed by atoms with Crippen LogP contribution in [0.25, 0.3) is 0 Å². The van der Waals surface area contributed by atoms with E-state index in [9.17, 15) is 18.0 Å². The molecule has 1 aliphatic rings. The van der Waals surface area contributed by atoms with E-state index in [1.165, 1.54) is 0 Å². The molecule has 3 nitrogen and oxygen atoms in total. The molecule has 0 amide bonds. The first-order valence-corrected chi connectivity index (χ1v) is 6.22. The SMILES string of the molecule is N#CC(C(=O)c1cnc(C(F)(F)F)s1)C1CCC1. The average molecular weight is 274 g/mol. The Hall–Kier alpha value is -1.42. The molecule has 0 saturated heterocycles. The van der Waals surface area contributed by atoms with Gasteiger partial charge in [-0.1, -0.05) is 6.42 Å². The van der Waals surface area contributed by atoms with Crippen molar-refractivity contribution in [1.82, 2.24) is 4.98 Å². The number of thiazole rings is 1. The Kier molecular flexibility index (Phi) is 3.39. The highest BCUT2D eigenvalue weighted by atomic mass is 32.1. The summed E-state index contributed by atoms with van der Waals surface area (Å²) in [6, 6.07) is 1.90. The maximum absolute atomic E-state index is 12.4. The van der Waals surface area contributed by atoms with Gasteiger partial charge in [0.25, 0.3) is 0 Å². The molecule has 1 aromatic rings. The number of nitrogens with zero attached hydrogens (tertiary/aromatic N) is 2. The Morgan fingerprint density at radius 3 is 2.61 bits per heavy atom. The van der Waals surface area contributed by atoms with Crippen LogP contribution < -0.4 is 0 Å². The highest BCUT2D eigenvalue weighted by Gasteiger charge is 2.38. The van der Waals surface area contributed by atoms with Gasteiger partial charge in [-0.05, 0) is 18.8 Å². The lowest BCUT2D eigenvalue weighted by Crippen LogP contribution is -2.27. The van der Waals surface area contributed by atoms with Gasteiger partial charge in [0.2, 0.25) is 0 Å². The molecule has 1 aromatic heterocycles. The monoisotopic (exact) mass is 274 g/mol. The van der Waals surface area contributed by atoms with Crippen LogP contribution >= 0.6 is 11.3 Å². The summed E-state index contributed by atoms with van der Waals surface area (Å²) in [4.78, 5) is 15.0. The van der Waals surface area contributed by atoms with Crippen LogP contribution in [0.3, 0.4) is 0 Å². The van der Waals surface area contributed by atoms with E-state index in [0.29, 0.717) is 11.3 Å². The molecule has 1 fully saturated rings. The first-order valence-electron chi connectivity index (χ1n) is 5.40. The first-order chi connectivity index (χ1) is 8.43. The summed E-state index contributed by atoms with van der Waals surface area (Å²) in [5, 5.41) is 7.91. The fourth-order valence-corrected chi connectivity index (χ4v) is 2.59. The van der Waals surface area contributed by atoms with Crippen LogP contribution in [0.4, 0.5) is 13.2 Å². The van der Waals surface area contributed by atoms with E-state index in [4.69, 9.17) is 5.26 Å². The zero-order valence-electron chi connectivity index (χ0n) is 9.20. The lowest BCUT2D eigenvalue weighted by atomic mass is 9.74. The quantitative estimate of drug-likeness (QED) is 0.795. The molecule has 1 atom stereocenters. The second-order valence-electron chi connectivity index (χ2n) is 4.19. The molecule has 0 spiro atoms. The maximum atomic E-state index is 12.4. The van der Waals surface area contributed by atoms with Gasteiger partial charge in [-0.25, -0.2) is 4.98 Å². The van der Waals surface area contributed by atoms with Crippen LogP contribution in [-0.4, -0.2) is 10.8 Å². The number of carbonyl (C=O) groups is 1. The van der Waals surface area contributed by atoms with Crippen LogP contribution in [0.2, 0.25) is 0 Å². The summed E-state index contributed by atoms with van der Waals surface area (Å²) in [5.41, 5.74) is 0. The minimum atomic E-state index is -4.54. The molecule has 1 aliphatic carbocycles. The van der Waals surface area contributed by atoms with Gasteiger partial charge in [0.15, 0.2) is 10.8 Å². The minimum absolute atomic E-state index is 0.0149. The third kappa shape index (κ3) is 2.38. The fourth-order valence-electron chi connectivity index (χ4n) is 1.82. The molecule has 18 heavy (non-hydrogen) atoms. The van der Waals surface area contributed by atoms with E-state index in [1.807, 2.05) is 6.07 Å². The smallest absolute Gasteiger partial charge is 0.292 e. The number of halogens is 3. The van der Waals surface area contributed by atoms with Gasteiger partial charge in [-0.15, -0.1) is 11.3 Å². The molecule has 7 heteroatoms. The van der Waals surface area contributed by atoms with Crippen molar-refractivity contribution in [2.75, 3.05) is 0 Å². The number of hydrogen-bond donors (Lipinski definition) is 0. The summed E-state index contributed by atoms with van der Waals surface area (Å²) in [6.45, 7) is 0. The van der Waals surface area contributed by atoms with Crippen molar-refractivity contribution in [1.29, 1.82) is 5.26 Å². The van der Waals surface area contributed by atoms with Crippen molar-refractivity contribution in [3.05, 3.63) is 16.1 Å². The van der Waals surface area contributed by atoms with Gasteiger partial charge in [0.1, 0.15) is 5.92 Å². The van der Waals surface area contributed by atoms with Crippen molar-refractivity contribution < 1.29 is 18.0 Å². The number of alkyl halides is 3. The Labute approximate surface area is 105 Å². The van der Waals surface area contributed by atoms with Gasteiger partial charge < -0.3 is 0 Å². The Balaban J connectivity index is 2.18. The lowest BCUT2D eigenvalue weighted by Gasteiger charge is -2.28. The van der Waals surface area contributed by atoms with Crippen LogP contribution in [0.1, 0.15) is 33.9 Å². The fraction of sp³-hybridized carbons (Fsp3) is 0.545. The predicted molar refractivity (Wildman–Crippen MR) is 57.9 cm³/mol. The van der Waals surface area contributed by atoms with E-state index in [0.717, 1.165) is 25.5 Å². The zero-order valence-corrected chi connectivity index (χ0v) is 10.0. The average Bonchev–Trinajstić information content (AvgIpc) is 2.70. The van der Waals surface area contributed by atoms with Gasteiger partial charge in [0, 0.05) is 6.20 Å². The topological polar surface area (TPSA) is 53.8 Å². The summed E-state index contributed by atoms with van der Waals surface area (Å²) < 4.78 is 37.1. The first kappa shape index (κ1) is 13.0. The number of hydrogen-bond acceptors (Lipinski definition) is 4. The highest BCUT2D eigenvalue weighted by molar-refractivity contribution is 7.13. The van der Waals surface area contributed by atoms with Crippen molar-refractivity contribution in [2.24, 2.45) is 11.8 Å². The number of ketones is 1. The van der Waals surface area contributed by atoms with Crippen molar-refractivity contribution in [3.8, 4) is 6.07 Å². The van der Waals surface area contributed by atoms with Crippen molar-refractivity contribution >= 4 is 17.1 Å². The third-order valence-electron chi connectivity index (χ3n) is 3.03. The summed E-state index contributed by atoms with van der Waals surface area (Å²) in [7, 11) is 0.